The minimum absolute atomic E-state index is 0.143. The fourth-order valence-electron chi connectivity index (χ4n) is 3.33. The molecule has 0 aliphatic heterocycles. The number of hydrogen-bond donors (Lipinski definition) is 0. The lowest BCUT2D eigenvalue weighted by Crippen LogP contribution is -2.41. The molecule has 0 aromatic heterocycles. The van der Waals surface area contributed by atoms with Gasteiger partial charge in [0.1, 0.15) is 0 Å². The van der Waals surface area contributed by atoms with Gasteiger partial charge in [0, 0.05) is 6.42 Å². The van der Waals surface area contributed by atoms with Gasteiger partial charge in [0.25, 0.3) is 0 Å². The normalized spacial score (nSPS) is 26.9. The Hall–Kier alpha value is -0.160. The Kier molecular flexibility index (Phi) is 5.54. The second-order valence-electron chi connectivity index (χ2n) is 7.85. The van der Waals surface area contributed by atoms with Crippen LogP contribution in [0.2, 0.25) is 0 Å². The van der Waals surface area contributed by atoms with Crippen molar-refractivity contribution >= 4 is 0 Å². The maximum atomic E-state index is 6.21. The van der Waals surface area contributed by atoms with E-state index in [0.29, 0.717) is 24.4 Å². The summed E-state index contributed by atoms with van der Waals surface area (Å²) in [6.07, 6.45) is 16.7. The van der Waals surface area contributed by atoms with Gasteiger partial charge < -0.3 is 18.9 Å². The van der Waals surface area contributed by atoms with E-state index < -0.39 is 0 Å². The number of ether oxygens (including phenoxy) is 4. The van der Waals surface area contributed by atoms with Crippen molar-refractivity contribution in [3.63, 3.8) is 0 Å². The highest BCUT2D eigenvalue weighted by atomic mass is 16.7. The van der Waals surface area contributed by atoms with Crippen LogP contribution < -0.4 is 0 Å². The van der Waals surface area contributed by atoms with E-state index in [2.05, 4.69) is 0 Å². The Balaban J connectivity index is 1.30. The summed E-state index contributed by atoms with van der Waals surface area (Å²) in [5.74, 6) is 0. The Morgan fingerprint density at radius 1 is 0.478 bits per heavy atom. The molecule has 4 aliphatic rings. The van der Waals surface area contributed by atoms with Gasteiger partial charge in [-0.25, -0.2) is 0 Å². The summed E-state index contributed by atoms with van der Waals surface area (Å²) in [5.41, 5.74) is 0. The fraction of sp³-hybridized carbons (Fsp3) is 1.00. The monoisotopic (exact) mass is 324 g/mol. The van der Waals surface area contributed by atoms with E-state index in [4.69, 9.17) is 18.9 Å². The Morgan fingerprint density at radius 2 is 0.739 bits per heavy atom. The standard InChI is InChI=1S/C19H32O4/c1-5-14(6-1)20-18(21-15-7-2-8-15)13-19(22-16-9-3-10-16)23-17-11-4-12-17/h14-19H,1-13H2. The van der Waals surface area contributed by atoms with Crippen molar-refractivity contribution in [2.45, 2.75) is 120 Å². The molecule has 0 spiro atoms. The summed E-state index contributed by atoms with van der Waals surface area (Å²) in [7, 11) is 0. The van der Waals surface area contributed by atoms with Gasteiger partial charge in [-0.1, -0.05) is 0 Å². The molecule has 4 nitrogen and oxygen atoms in total. The molecule has 0 N–H and O–H groups in total. The van der Waals surface area contributed by atoms with Crippen molar-refractivity contribution in [3.8, 4) is 0 Å². The second-order valence-corrected chi connectivity index (χ2v) is 7.85. The lowest BCUT2D eigenvalue weighted by atomic mass is 9.95. The van der Waals surface area contributed by atoms with Gasteiger partial charge >= 0.3 is 0 Å². The van der Waals surface area contributed by atoms with Crippen molar-refractivity contribution in [1.82, 2.24) is 0 Å². The topological polar surface area (TPSA) is 36.9 Å². The molecular weight excluding hydrogens is 292 g/mol. The molecular formula is C19H32O4. The molecule has 0 heterocycles. The predicted octanol–water partition coefficient (Wildman–Crippen LogP) is 4.31. The van der Waals surface area contributed by atoms with E-state index in [1.54, 1.807) is 0 Å². The largest absolute Gasteiger partial charge is 0.349 e. The molecule has 0 radical (unpaired) electrons. The van der Waals surface area contributed by atoms with Crippen molar-refractivity contribution in [2.24, 2.45) is 0 Å². The average molecular weight is 324 g/mol. The van der Waals surface area contributed by atoms with E-state index in [9.17, 15) is 0 Å². The number of hydrogen-bond acceptors (Lipinski definition) is 4. The third-order valence-electron chi connectivity index (χ3n) is 5.97. The molecule has 23 heavy (non-hydrogen) atoms. The highest BCUT2D eigenvalue weighted by Gasteiger charge is 2.33. The summed E-state index contributed by atoms with van der Waals surface area (Å²) in [5, 5.41) is 0. The Labute approximate surface area is 140 Å². The lowest BCUT2D eigenvalue weighted by molar-refractivity contribution is -0.277. The molecule has 0 amide bonds. The van der Waals surface area contributed by atoms with Crippen molar-refractivity contribution in [3.05, 3.63) is 0 Å². The Bertz CT molecular complexity index is 292. The predicted molar refractivity (Wildman–Crippen MR) is 87.1 cm³/mol. The summed E-state index contributed by atoms with van der Waals surface area (Å²) in [6.45, 7) is 0. The lowest BCUT2D eigenvalue weighted by Gasteiger charge is -2.39. The Morgan fingerprint density at radius 3 is 0.913 bits per heavy atom. The van der Waals surface area contributed by atoms with Crippen molar-refractivity contribution in [2.75, 3.05) is 0 Å². The second kappa shape index (κ2) is 7.81. The molecule has 0 aromatic carbocycles. The molecule has 4 heteroatoms. The maximum Gasteiger partial charge on any atom is 0.163 e. The molecule has 0 unspecified atom stereocenters. The van der Waals surface area contributed by atoms with Crippen LogP contribution >= 0.6 is 0 Å². The van der Waals surface area contributed by atoms with Crippen LogP contribution in [0.5, 0.6) is 0 Å². The van der Waals surface area contributed by atoms with Crippen LogP contribution in [0.4, 0.5) is 0 Å². The van der Waals surface area contributed by atoms with Crippen LogP contribution in [0.25, 0.3) is 0 Å². The van der Waals surface area contributed by atoms with E-state index in [1.165, 1.54) is 77.0 Å². The molecule has 0 aromatic rings. The minimum Gasteiger partial charge on any atom is -0.349 e. The highest BCUT2D eigenvalue weighted by molar-refractivity contribution is 4.76. The zero-order chi connectivity index (χ0) is 15.5. The van der Waals surface area contributed by atoms with Gasteiger partial charge in [-0.2, -0.15) is 0 Å². The van der Waals surface area contributed by atoms with Gasteiger partial charge in [-0.3, -0.25) is 0 Å². The van der Waals surface area contributed by atoms with Gasteiger partial charge in [0.15, 0.2) is 12.6 Å². The quantitative estimate of drug-likeness (QED) is 0.561. The first-order valence-electron chi connectivity index (χ1n) is 9.97. The zero-order valence-corrected chi connectivity index (χ0v) is 14.3. The van der Waals surface area contributed by atoms with E-state index >= 15 is 0 Å². The zero-order valence-electron chi connectivity index (χ0n) is 14.3. The summed E-state index contributed by atoms with van der Waals surface area (Å²) in [4.78, 5) is 0. The van der Waals surface area contributed by atoms with E-state index in [0.717, 1.165) is 6.42 Å². The summed E-state index contributed by atoms with van der Waals surface area (Å²) < 4.78 is 24.8. The molecule has 4 aliphatic carbocycles. The highest BCUT2D eigenvalue weighted by Crippen LogP contribution is 2.33. The first-order chi connectivity index (χ1) is 11.3. The molecule has 4 fully saturated rings. The third-order valence-corrected chi connectivity index (χ3v) is 5.97. The van der Waals surface area contributed by atoms with Crippen LogP contribution in [0.15, 0.2) is 0 Å². The maximum absolute atomic E-state index is 6.21. The van der Waals surface area contributed by atoms with Crippen LogP contribution in [0.3, 0.4) is 0 Å². The first-order valence-corrected chi connectivity index (χ1v) is 9.97. The molecule has 4 saturated carbocycles. The van der Waals surface area contributed by atoms with Gasteiger partial charge in [-0.15, -0.1) is 0 Å². The van der Waals surface area contributed by atoms with Crippen molar-refractivity contribution < 1.29 is 18.9 Å². The summed E-state index contributed by atoms with van der Waals surface area (Å²) in [6, 6.07) is 0. The first kappa shape index (κ1) is 16.3. The third kappa shape index (κ3) is 4.47. The summed E-state index contributed by atoms with van der Waals surface area (Å²) >= 11 is 0. The molecule has 0 bridgehead atoms. The number of rotatable bonds is 10. The molecule has 0 saturated heterocycles. The van der Waals surface area contributed by atoms with Crippen molar-refractivity contribution in [1.29, 1.82) is 0 Å². The molecule has 4 rings (SSSR count). The van der Waals surface area contributed by atoms with Gasteiger partial charge in [-0.05, 0) is 77.0 Å². The van der Waals surface area contributed by atoms with E-state index in [1.807, 2.05) is 0 Å². The van der Waals surface area contributed by atoms with Crippen LogP contribution in [0, 0.1) is 0 Å². The van der Waals surface area contributed by atoms with Crippen LogP contribution in [-0.4, -0.2) is 37.0 Å². The van der Waals surface area contributed by atoms with Crippen LogP contribution in [-0.2, 0) is 18.9 Å². The minimum atomic E-state index is -0.143. The van der Waals surface area contributed by atoms with E-state index in [-0.39, 0.29) is 12.6 Å². The smallest absolute Gasteiger partial charge is 0.163 e. The average Bonchev–Trinajstić information content (AvgIpc) is 2.35. The van der Waals surface area contributed by atoms with Gasteiger partial charge in [0.05, 0.1) is 24.4 Å². The van der Waals surface area contributed by atoms with Gasteiger partial charge in [0.2, 0.25) is 0 Å². The fourth-order valence-corrected chi connectivity index (χ4v) is 3.33. The molecule has 0 atom stereocenters. The molecule has 132 valence electrons. The van der Waals surface area contributed by atoms with Crippen LogP contribution in [0.1, 0.15) is 83.5 Å². The SMILES string of the molecule is C1CC(OC(CC(OC2CCC2)OC2CCC2)OC2CCC2)C1.